The first-order valence-corrected chi connectivity index (χ1v) is 33.9. The molecular formula is C84H108N8O2. The summed E-state index contributed by atoms with van der Waals surface area (Å²) < 4.78 is 12.5. The minimum absolute atomic E-state index is 0.269. The monoisotopic (exact) mass is 1260 g/mol. The summed E-state index contributed by atoms with van der Waals surface area (Å²) in [6.07, 6.45) is 8.50. The third-order valence-corrected chi connectivity index (χ3v) is 17.9. The van der Waals surface area contributed by atoms with Crippen LogP contribution in [-0.4, -0.2) is 135 Å². The van der Waals surface area contributed by atoms with Crippen molar-refractivity contribution in [2.75, 3.05) is 162 Å². The third kappa shape index (κ3) is 19.1. The second kappa shape index (κ2) is 35.9. The van der Waals surface area contributed by atoms with Gasteiger partial charge in [0.15, 0.2) is 0 Å². The van der Waals surface area contributed by atoms with Crippen LogP contribution >= 0.6 is 0 Å². The highest BCUT2D eigenvalue weighted by atomic mass is 16.5. The molecular weight excluding hydrogens is 1150 g/mol. The van der Waals surface area contributed by atoms with E-state index in [0.29, 0.717) is 0 Å². The number of benzene rings is 8. The molecule has 0 aliphatic rings. The Labute approximate surface area is 567 Å². The number of ether oxygens (including phenoxy) is 2. The lowest BCUT2D eigenvalue weighted by Crippen LogP contribution is -2.21. The Morgan fingerprint density at radius 1 is 0.234 bits per heavy atom. The maximum atomic E-state index is 6.30. The molecule has 8 aromatic carbocycles. The molecule has 0 bridgehead atoms. The molecule has 0 N–H and O–H groups in total. The number of hydrogen-bond acceptors (Lipinski definition) is 10. The average molecular weight is 1260 g/mol. The zero-order valence-electron chi connectivity index (χ0n) is 60.0. The predicted octanol–water partition coefficient (Wildman–Crippen LogP) is 18.2. The average Bonchev–Trinajstić information content (AvgIpc) is 0.908. The highest BCUT2D eigenvalue weighted by Crippen LogP contribution is 2.35. The van der Waals surface area contributed by atoms with Gasteiger partial charge < -0.3 is 48.7 Å². The Morgan fingerprint density at radius 3 is 0.468 bits per heavy atom. The molecule has 0 radical (unpaired) electrons. The quantitative estimate of drug-likeness (QED) is 0.0435. The van der Waals surface area contributed by atoms with Gasteiger partial charge in [-0.2, -0.15) is 0 Å². The molecule has 0 aliphatic heterocycles. The largest absolute Gasteiger partial charge is 0.378 e. The van der Waals surface area contributed by atoms with Gasteiger partial charge in [-0.15, -0.1) is 0 Å². The molecule has 0 fully saturated rings. The zero-order chi connectivity index (χ0) is 67.8. The number of methoxy groups -OCH3 is 2. The van der Waals surface area contributed by atoms with Gasteiger partial charge in [-0.05, 0) is 244 Å². The fourth-order valence-corrected chi connectivity index (χ4v) is 12.0. The molecule has 10 nitrogen and oxygen atoms in total. The van der Waals surface area contributed by atoms with E-state index in [1.165, 1.54) is 67.8 Å². The maximum absolute atomic E-state index is 6.30. The molecule has 0 heterocycles. The fraction of sp³-hybridized carbons (Fsp3) is 0.333. The lowest BCUT2D eigenvalue weighted by Gasteiger charge is -2.23. The van der Waals surface area contributed by atoms with Gasteiger partial charge in [-0.3, -0.25) is 0 Å². The lowest BCUT2D eigenvalue weighted by atomic mass is 9.92. The number of nitrogens with zero attached hydrogens (tertiary/aromatic N) is 8. The highest BCUT2D eigenvalue weighted by Gasteiger charge is 2.18. The van der Waals surface area contributed by atoms with E-state index in [1.807, 2.05) is 7.11 Å². The topological polar surface area (TPSA) is 44.4 Å². The van der Waals surface area contributed by atoms with E-state index in [-0.39, 0.29) is 12.2 Å². The van der Waals surface area contributed by atoms with Crippen LogP contribution < -0.4 is 39.2 Å². The lowest BCUT2D eigenvalue weighted by molar-refractivity contribution is 0.178. The Morgan fingerprint density at radius 2 is 0.362 bits per heavy atom. The summed E-state index contributed by atoms with van der Waals surface area (Å²) in [7, 11) is 20.1. The normalized spacial score (nSPS) is 10.9. The molecule has 496 valence electrons. The van der Waals surface area contributed by atoms with E-state index in [4.69, 9.17) is 9.47 Å². The summed E-state index contributed by atoms with van der Waals surface area (Å²) in [4.78, 5) is 18.0. The standard InChI is InChI=1S/C46H62N4O.C38H46N4O/c1-10-47(11-2)40-26-18-36(19-27-40)45(37-20-28-41(29-21-37)48(12-3)13-4)34-44(51-9)35-46(38-22-30-42(31-23-38)49(14-5)15-6)39-24-32-43(33-25-39)50(16-7)17-8;1-39(2)32-18-10-28(11-19-32)37(29-12-20-33(21-13-29)40(3)4)26-36(43-9)27-38(30-14-22-34(23-15-30)41(5)6)31-16-24-35(25-17-31)42(7)8/h18-35,44H,10-17H2,1-9H3;10-27,36H,1-9H3. The van der Waals surface area contributed by atoms with Crippen LogP contribution in [0, 0.1) is 0 Å². The van der Waals surface area contributed by atoms with Crippen molar-refractivity contribution in [3.8, 4) is 0 Å². The smallest absolute Gasteiger partial charge is 0.0952 e. The predicted molar refractivity (Wildman–Crippen MR) is 413 cm³/mol. The van der Waals surface area contributed by atoms with Gasteiger partial charge >= 0.3 is 0 Å². The Kier molecular flexibility index (Phi) is 27.7. The molecule has 8 rings (SSSR count). The van der Waals surface area contributed by atoms with Gasteiger partial charge in [-0.25, -0.2) is 0 Å². The van der Waals surface area contributed by atoms with Gasteiger partial charge in [0.1, 0.15) is 0 Å². The zero-order valence-corrected chi connectivity index (χ0v) is 60.0. The van der Waals surface area contributed by atoms with Gasteiger partial charge in [0.2, 0.25) is 0 Å². The van der Waals surface area contributed by atoms with Crippen molar-refractivity contribution in [2.24, 2.45) is 0 Å². The second-order valence-electron chi connectivity index (χ2n) is 24.4. The molecule has 0 aliphatic carbocycles. The molecule has 94 heavy (non-hydrogen) atoms. The number of rotatable bonds is 30. The van der Waals surface area contributed by atoms with Crippen molar-refractivity contribution in [3.63, 3.8) is 0 Å². The molecule has 0 atom stereocenters. The van der Waals surface area contributed by atoms with Crippen LogP contribution in [0.15, 0.2) is 218 Å². The fourth-order valence-electron chi connectivity index (χ4n) is 12.0. The summed E-state index contributed by atoms with van der Waals surface area (Å²) in [5.74, 6) is 0. The van der Waals surface area contributed by atoms with Gasteiger partial charge in [0, 0.05) is 168 Å². The van der Waals surface area contributed by atoms with Crippen LogP contribution in [0.1, 0.15) is 99.9 Å². The highest BCUT2D eigenvalue weighted by molar-refractivity contribution is 5.87. The number of anilines is 8. The van der Waals surface area contributed by atoms with Gasteiger partial charge in [0.05, 0.1) is 12.2 Å². The van der Waals surface area contributed by atoms with Crippen molar-refractivity contribution in [3.05, 3.63) is 263 Å². The first-order chi connectivity index (χ1) is 45.4. The third-order valence-electron chi connectivity index (χ3n) is 17.9. The second-order valence-corrected chi connectivity index (χ2v) is 24.4. The molecule has 8 aromatic rings. The molecule has 0 aromatic heterocycles. The Hall–Kier alpha value is -8.96. The molecule has 0 spiro atoms. The van der Waals surface area contributed by atoms with Crippen LogP contribution in [0.5, 0.6) is 0 Å². The van der Waals surface area contributed by atoms with Gasteiger partial charge in [-0.1, -0.05) is 97.1 Å². The van der Waals surface area contributed by atoms with Gasteiger partial charge in [0.25, 0.3) is 0 Å². The van der Waals surface area contributed by atoms with E-state index >= 15 is 0 Å². The van der Waals surface area contributed by atoms with E-state index in [0.717, 1.165) is 96.9 Å². The van der Waals surface area contributed by atoms with Crippen molar-refractivity contribution in [1.29, 1.82) is 0 Å². The van der Waals surface area contributed by atoms with Crippen molar-refractivity contribution in [2.45, 2.75) is 67.6 Å². The SMILES string of the molecule is CCN(CC)c1ccc(C(=CC(C=C(c2ccc(N(CC)CC)cc2)c2ccc(N(CC)CC)cc2)OC)c2ccc(N(CC)CC)cc2)cc1.COC(C=C(c1ccc(N(C)C)cc1)c1ccc(N(C)C)cc1)C=C(c1ccc(N(C)C)cc1)c1ccc(N(C)C)cc1. The van der Waals surface area contributed by atoms with Crippen molar-refractivity contribution in [1.82, 2.24) is 0 Å². The summed E-state index contributed by atoms with van der Waals surface area (Å²) in [5.41, 5.74) is 23.5. The van der Waals surface area contributed by atoms with Crippen molar-refractivity contribution >= 4 is 67.8 Å². The minimum Gasteiger partial charge on any atom is -0.378 e. The molecule has 0 saturated carbocycles. The first kappa shape index (κ1) is 72.5. The van der Waals surface area contributed by atoms with Crippen LogP contribution in [0.3, 0.4) is 0 Å². The molecule has 0 unspecified atom stereocenters. The van der Waals surface area contributed by atoms with Crippen LogP contribution in [0.25, 0.3) is 22.3 Å². The first-order valence-electron chi connectivity index (χ1n) is 33.9. The summed E-state index contributed by atoms with van der Waals surface area (Å²) in [6, 6.07) is 70.9. The van der Waals surface area contributed by atoms with Crippen LogP contribution in [-0.2, 0) is 9.47 Å². The summed E-state index contributed by atoms with van der Waals surface area (Å²) in [5, 5.41) is 0. The molecule has 0 amide bonds. The van der Waals surface area contributed by atoms with E-state index in [1.54, 1.807) is 7.11 Å². The summed E-state index contributed by atoms with van der Waals surface area (Å²) >= 11 is 0. The van der Waals surface area contributed by atoms with E-state index < -0.39 is 0 Å². The van der Waals surface area contributed by atoms with E-state index in [2.05, 4.69) is 369 Å². The molecule has 0 saturated heterocycles. The Bertz CT molecular complexity index is 3180. The van der Waals surface area contributed by atoms with E-state index in [9.17, 15) is 0 Å². The van der Waals surface area contributed by atoms with Crippen molar-refractivity contribution < 1.29 is 9.47 Å². The molecule has 10 heteroatoms. The summed E-state index contributed by atoms with van der Waals surface area (Å²) in [6.45, 7) is 25.5. The van der Waals surface area contributed by atoms with Crippen LogP contribution in [0.2, 0.25) is 0 Å². The van der Waals surface area contributed by atoms with Crippen LogP contribution in [0.4, 0.5) is 45.5 Å². The maximum Gasteiger partial charge on any atom is 0.0952 e. The minimum atomic E-state index is -0.273. The number of hydrogen-bond donors (Lipinski definition) is 0. The Balaban J connectivity index is 0.000000270.